The molecular formula is C26H23ClN4O2S. The van der Waals surface area contributed by atoms with E-state index in [1.54, 1.807) is 40.5 Å². The van der Waals surface area contributed by atoms with E-state index in [4.69, 9.17) is 11.6 Å². The number of anilines is 2. The number of ketones is 1. The van der Waals surface area contributed by atoms with Crippen molar-refractivity contribution in [2.24, 2.45) is 0 Å². The van der Waals surface area contributed by atoms with Crippen LogP contribution in [0, 0.1) is 0 Å². The largest absolute Gasteiger partial charge is 0.382 e. The van der Waals surface area contributed by atoms with Crippen LogP contribution in [0.1, 0.15) is 44.1 Å². The molecule has 3 aliphatic rings. The van der Waals surface area contributed by atoms with Gasteiger partial charge in [-0.25, -0.2) is 4.98 Å². The topological polar surface area (TPSA) is 65.5 Å². The Hall–Kier alpha value is -3.00. The molecule has 2 bridgehead atoms. The molecule has 1 amide bonds. The quantitative estimate of drug-likeness (QED) is 0.538. The summed E-state index contributed by atoms with van der Waals surface area (Å²) in [5.74, 6) is -0.217. The van der Waals surface area contributed by atoms with Crippen LogP contribution in [0.4, 0.5) is 11.4 Å². The van der Waals surface area contributed by atoms with E-state index < -0.39 is 6.04 Å². The van der Waals surface area contributed by atoms with Crippen molar-refractivity contribution < 1.29 is 9.59 Å². The first-order valence-corrected chi connectivity index (χ1v) is 12.7. The molecule has 1 saturated heterocycles. The maximum atomic E-state index is 13.8. The molecular weight excluding hydrogens is 468 g/mol. The summed E-state index contributed by atoms with van der Waals surface area (Å²) >= 11 is 7.89. The zero-order valence-electron chi connectivity index (χ0n) is 18.4. The Bertz CT molecular complexity index is 1300. The van der Waals surface area contributed by atoms with Crippen molar-refractivity contribution >= 4 is 52.1 Å². The van der Waals surface area contributed by atoms with Gasteiger partial charge in [0.1, 0.15) is 11.0 Å². The zero-order valence-corrected chi connectivity index (χ0v) is 20.0. The van der Waals surface area contributed by atoms with Gasteiger partial charge in [-0.2, -0.15) is 0 Å². The summed E-state index contributed by atoms with van der Waals surface area (Å²) in [6.07, 6.45) is 7.52. The second-order valence-corrected chi connectivity index (χ2v) is 10.3. The van der Waals surface area contributed by atoms with Crippen LogP contribution in [0.3, 0.4) is 0 Å². The van der Waals surface area contributed by atoms with Crippen molar-refractivity contribution in [3.8, 4) is 0 Å². The van der Waals surface area contributed by atoms with Crippen molar-refractivity contribution in [2.45, 2.75) is 31.5 Å². The van der Waals surface area contributed by atoms with Gasteiger partial charge in [-0.05, 0) is 42.7 Å². The van der Waals surface area contributed by atoms with E-state index >= 15 is 0 Å². The van der Waals surface area contributed by atoms with Crippen LogP contribution in [-0.2, 0) is 6.54 Å². The fourth-order valence-corrected chi connectivity index (χ4v) is 5.97. The maximum Gasteiger partial charge on any atom is 0.262 e. The van der Waals surface area contributed by atoms with E-state index in [9.17, 15) is 9.59 Å². The van der Waals surface area contributed by atoms with Crippen LogP contribution >= 0.6 is 22.9 Å². The molecule has 3 aromatic rings. The Kier molecular flexibility index (Phi) is 5.48. The number of fused-ring (bicyclic) bond motifs is 1. The number of hydrogen-bond donors (Lipinski definition) is 1. The van der Waals surface area contributed by atoms with Gasteiger partial charge in [0.05, 0.1) is 12.1 Å². The average molecular weight is 491 g/mol. The molecule has 8 heteroatoms. The molecule has 2 aliphatic heterocycles. The Morgan fingerprint density at radius 3 is 2.74 bits per heavy atom. The Morgan fingerprint density at radius 1 is 1.12 bits per heavy atom. The lowest BCUT2D eigenvalue weighted by atomic mass is 9.82. The van der Waals surface area contributed by atoms with Crippen molar-refractivity contribution in [1.29, 1.82) is 0 Å². The van der Waals surface area contributed by atoms with Crippen LogP contribution < -0.4 is 10.2 Å². The molecule has 172 valence electrons. The highest BCUT2D eigenvalue weighted by Gasteiger charge is 2.43. The molecule has 0 radical (unpaired) electrons. The third-order valence-electron chi connectivity index (χ3n) is 6.80. The first-order valence-electron chi connectivity index (χ1n) is 11.4. The Morgan fingerprint density at radius 2 is 1.97 bits per heavy atom. The van der Waals surface area contributed by atoms with Crippen molar-refractivity contribution in [3.63, 3.8) is 0 Å². The van der Waals surface area contributed by atoms with Gasteiger partial charge in [0.2, 0.25) is 0 Å². The zero-order chi connectivity index (χ0) is 23.2. The first kappa shape index (κ1) is 21.5. The number of halogens is 1. The highest BCUT2D eigenvalue weighted by molar-refractivity contribution is 7.09. The van der Waals surface area contributed by atoms with E-state index in [1.165, 1.54) is 0 Å². The fraction of sp³-hybridized carbons (Fsp3) is 0.269. The summed E-state index contributed by atoms with van der Waals surface area (Å²) in [7, 11) is 0. The highest BCUT2D eigenvalue weighted by atomic mass is 35.5. The molecule has 1 atom stereocenters. The maximum absolute atomic E-state index is 13.8. The van der Waals surface area contributed by atoms with Crippen LogP contribution in [0.2, 0.25) is 5.02 Å². The number of carbonyl (C=O) groups is 2. The van der Waals surface area contributed by atoms with Gasteiger partial charge in [0.15, 0.2) is 5.78 Å². The van der Waals surface area contributed by atoms with Crippen LogP contribution in [0.15, 0.2) is 54.1 Å². The Labute approximate surface area is 206 Å². The number of amides is 1. The normalized spacial score (nSPS) is 20.1. The summed E-state index contributed by atoms with van der Waals surface area (Å²) in [6, 6.07) is 10.6. The SMILES string of the molecule is O=C1c2c3ccc(NC4CCN(Cc5nccs5)CC4)c2C(=O)N(c2cccc(Cl)c2)C1C=C3. The predicted molar refractivity (Wildman–Crippen MR) is 136 cm³/mol. The number of nitrogens with one attached hydrogen (secondary N) is 1. The second-order valence-electron chi connectivity index (χ2n) is 8.90. The van der Waals surface area contributed by atoms with E-state index in [-0.39, 0.29) is 17.7 Å². The summed E-state index contributed by atoms with van der Waals surface area (Å²) in [6.45, 7) is 2.80. The summed E-state index contributed by atoms with van der Waals surface area (Å²) in [5, 5.41) is 7.27. The number of thiazole rings is 1. The standard InChI is InChI=1S/C26H23ClN4O2S/c27-17-2-1-3-19(14-17)31-21-7-5-16-4-6-20(24(26(31)33)23(16)25(21)32)29-18-8-11-30(12-9-18)15-22-28-10-13-34-22/h1-7,10,13-14,18,21,29H,8-9,11-12,15H2. The molecule has 0 saturated carbocycles. The minimum absolute atomic E-state index is 0.0472. The average Bonchev–Trinajstić information content (AvgIpc) is 3.34. The third-order valence-corrected chi connectivity index (χ3v) is 7.80. The molecule has 6 nitrogen and oxygen atoms in total. The predicted octanol–water partition coefficient (Wildman–Crippen LogP) is 5.11. The third kappa shape index (κ3) is 3.74. The number of benzene rings is 2. The smallest absolute Gasteiger partial charge is 0.262 e. The molecule has 1 fully saturated rings. The number of likely N-dealkylation sites (tertiary alicyclic amines) is 1. The van der Waals surface area contributed by atoms with Gasteiger partial charge in [-0.15, -0.1) is 11.3 Å². The monoisotopic (exact) mass is 490 g/mol. The van der Waals surface area contributed by atoms with E-state index in [1.807, 2.05) is 35.9 Å². The summed E-state index contributed by atoms with van der Waals surface area (Å²) < 4.78 is 0. The lowest BCUT2D eigenvalue weighted by Crippen LogP contribution is -2.51. The number of hydrogen-bond acceptors (Lipinski definition) is 6. The second kappa shape index (κ2) is 8.65. The van der Waals surface area contributed by atoms with Gasteiger partial charge < -0.3 is 5.32 Å². The fourth-order valence-electron chi connectivity index (χ4n) is 5.13. The summed E-state index contributed by atoms with van der Waals surface area (Å²) in [5.41, 5.74) is 3.16. The van der Waals surface area contributed by atoms with E-state index in [0.29, 0.717) is 21.8 Å². The minimum Gasteiger partial charge on any atom is -0.382 e. The van der Waals surface area contributed by atoms with Gasteiger partial charge in [-0.3, -0.25) is 19.4 Å². The number of carbonyl (C=O) groups excluding carboxylic acids is 2. The number of Topliss-reactive ketones (excluding diaryl/α,β-unsaturated/α-hetero) is 1. The van der Waals surface area contributed by atoms with Gasteiger partial charge >= 0.3 is 0 Å². The highest BCUT2D eigenvalue weighted by Crippen LogP contribution is 2.39. The number of rotatable bonds is 5. The van der Waals surface area contributed by atoms with Crippen LogP contribution in [0.5, 0.6) is 0 Å². The van der Waals surface area contributed by atoms with Gasteiger partial charge in [0.25, 0.3) is 5.91 Å². The molecule has 0 spiro atoms. The minimum atomic E-state index is -0.643. The van der Waals surface area contributed by atoms with E-state index in [2.05, 4.69) is 15.2 Å². The van der Waals surface area contributed by atoms with Gasteiger partial charge in [0, 0.05) is 52.7 Å². The molecule has 34 heavy (non-hydrogen) atoms. The number of nitrogens with zero attached hydrogens (tertiary/aromatic N) is 3. The lowest BCUT2D eigenvalue weighted by Gasteiger charge is -2.38. The molecule has 3 heterocycles. The molecule has 1 N–H and O–H groups in total. The molecule has 1 unspecified atom stereocenters. The van der Waals surface area contributed by atoms with Gasteiger partial charge in [-0.1, -0.05) is 35.9 Å². The lowest BCUT2D eigenvalue weighted by molar-refractivity contribution is 0.0885. The van der Waals surface area contributed by atoms with E-state index in [0.717, 1.165) is 48.7 Å². The van der Waals surface area contributed by atoms with Crippen LogP contribution in [0.25, 0.3) is 6.08 Å². The molecule has 6 rings (SSSR count). The molecule has 2 aromatic carbocycles. The molecule has 1 aliphatic carbocycles. The summed E-state index contributed by atoms with van der Waals surface area (Å²) in [4.78, 5) is 35.6. The number of aromatic nitrogens is 1. The molecule has 1 aromatic heterocycles. The van der Waals surface area contributed by atoms with Crippen LogP contribution in [-0.4, -0.2) is 46.7 Å². The van der Waals surface area contributed by atoms with Crippen molar-refractivity contribution in [1.82, 2.24) is 9.88 Å². The Balaban J connectivity index is 1.27. The van der Waals surface area contributed by atoms with Crippen molar-refractivity contribution in [2.75, 3.05) is 23.3 Å². The first-order chi connectivity index (χ1) is 16.6. The number of piperidine rings is 1. The van der Waals surface area contributed by atoms with Crippen molar-refractivity contribution in [3.05, 3.63) is 80.8 Å².